The molecule has 2 aliphatic rings. The number of aliphatic hydroxyl groups is 1. The van der Waals surface area contributed by atoms with Gasteiger partial charge in [0.05, 0.1) is 22.5 Å². The number of methoxy groups -OCH3 is 1. The number of carbonyl (C=O) groups excluding carboxylic acids is 1. The summed E-state index contributed by atoms with van der Waals surface area (Å²) in [7, 11) is 1.48. The number of carbonyl (C=O) groups is 1. The molecule has 0 radical (unpaired) electrons. The van der Waals surface area contributed by atoms with Crippen molar-refractivity contribution in [3.63, 3.8) is 0 Å². The number of nitrogens with zero attached hydrogens (tertiary/aromatic N) is 1. The zero-order chi connectivity index (χ0) is 26.6. The van der Waals surface area contributed by atoms with Crippen LogP contribution >= 0.6 is 11.3 Å². The summed E-state index contributed by atoms with van der Waals surface area (Å²) in [6, 6.07) is 4.14. The second kappa shape index (κ2) is 11.6. The number of aromatic nitrogens is 1. The number of benzene rings is 1. The molecule has 0 saturated heterocycles. The zero-order valence-electron chi connectivity index (χ0n) is 22.5. The maximum atomic E-state index is 12.1. The van der Waals surface area contributed by atoms with E-state index in [-0.39, 0.29) is 29.6 Å². The van der Waals surface area contributed by atoms with Crippen molar-refractivity contribution in [2.75, 3.05) is 20.3 Å². The van der Waals surface area contributed by atoms with Gasteiger partial charge in [-0.15, -0.1) is 17.9 Å². The average Bonchev–Trinajstić information content (AvgIpc) is 3.34. The molecule has 1 spiro atoms. The van der Waals surface area contributed by atoms with Crippen molar-refractivity contribution >= 4 is 17.2 Å². The van der Waals surface area contributed by atoms with Crippen LogP contribution in [-0.4, -0.2) is 54.0 Å². The monoisotopic (exact) mass is 527 g/mol. The Labute approximate surface area is 224 Å². The number of amides is 1. The molecule has 1 fully saturated rings. The van der Waals surface area contributed by atoms with Gasteiger partial charge in [0.15, 0.2) is 0 Å². The Morgan fingerprint density at radius 2 is 2.19 bits per heavy atom. The molecular weight excluding hydrogens is 486 g/mol. The van der Waals surface area contributed by atoms with E-state index in [1.165, 1.54) is 12.7 Å². The van der Waals surface area contributed by atoms with Gasteiger partial charge in [-0.1, -0.05) is 32.9 Å². The largest absolute Gasteiger partial charge is 0.486 e. The van der Waals surface area contributed by atoms with Crippen molar-refractivity contribution in [2.45, 2.75) is 83.1 Å². The van der Waals surface area contributed by atoms with E-state index in [1.54, 1.807) is 17.4 Å². The van der Waals surface area contributed by atoms with Gasteiger partial charge >= 0.3 is 0 Å². The van der Waals surface area contributed by atoms with Crippen LogP contribution in [-0.2, 0) is 16.0 Å². The van der Waals surface area contributed by atoms with Crippen molar-refractivity contribution < 1.29 is 19.4 Å². The van der Waals surface area contributed by atoms with Crippen LogP contribution in [0.3, 0.4) is 0 Å². The van der Waals surface area contributed by atoms with E-state index in [0.717, 1.165) is 53.9 Å². The molecule has 0 unspecified atom stereocenters. The summed E-state index contributed by atoms with van der Waals surface area (Å²) in [6.45, 7) is 10.8. The van der Waals surface area contributed by atoms with Gasteiger partial charge in [-0.2, -0.15) is 0 Å². The predicted octanol–water partition coefficient (Wildman–Crippen LogP) is 4.80. The highest BCUT2D eigenvalue weighted by Gasteiger charge is 2.46. The van der Waals surface area contributed by atoms with Gasteiger partial charge in [-0.3, -0.25) is 9.78 Å². The number of rotatable bonds is 11. The Kier molecular flexibility index (Phi) is 8.74. The van der Waals surface area contributed by atoms with E-state index in [4.69, 9.17) is 9.47 Å². The standard InChI is InChI=1S/C29H41N3O4S/c1-6-8-22(32-26(34)17-35-5)24(33)15-31-23-14-29(9-7-10-29)36-27-20(23)11-19(13-28(2,3)4)12-21(27)25-16-30-18-37-25/h6,11-12,16,18,22-24,31,33H,1,7-10,13-15,17H2,2-5H3,(H,32,34)/t22-,23-,24+/m0/s1. The molecule has 1 amide bonds. The van der Waals surface area contributed by atoms with Gasteiger partial charge in [0.1, 0.15) is 18.0 Å². The molecule has 202 valence electrons. The Morgan fingerprint density at radius 3 is 2.78 bits per heavy atom. The first-order valence-electron chi connectivity index (χ1n) is 13.2. The summed E-state index contributed by atoms with van der Waals surface area (Å²) >= 11 is 1.63. The van der Waals surface area contributed by atoms with Crippen LogP contribution in [0.5, 0.6) is 5.75 Å². The summed E-state index contributed by atoms with van der Waals surface area (Å²) in [4.78, 5) is 17.6. The number of hydrogen-bond acceptors (Lipinski definition) is 7. The minimum absolute atomic E-state index is 0.0318. The second-order valence-corrected chi connectivity index (χ2v) is 12.6. The van der Waals surface area contributed by atoms with E-state index >= 15 is 0 Å². The zero-order valence-corrected chi connectivity index (χ0v) is 23.3. The van der Waals surface area contributed by atoms with Gasteiger partial charge in [-0.25, -0.2) is 0 Å². The average molecular weight is 528 g/mol. The number of thiazole rings is 1. The van der Waals surface area contributed by atoms with Gasteiger partial charge in [-0.05, 0) is 49.1 Å². The lowest BCUT2D eigenvalue weighted by Gasteiger charge is -2.49. The van der Waals surface area contributed by atoms with Gasteiger partial charge in [0.25, 0.3) is 0 Å². The first-order valence-corrected chi connectivity index (χ1v) is 14.1. The summed E-state index contributed by atoms with van der Waals surface area (Å²) in [5.74, 6) is 0.690. The molecule has 0 bridgehead atoms. The highest BCUT2D eigenvalue weighted by molar-refractivity contribution is 7.13. The molecule has 4 rings (SSSR count). The van der Waals surface area contributed by atoms with Crippen LogP contribution in [0.15, 0.2) is 36.5 Å². The van der Waals surface area contributed by atoms with E-state index in [2.05, 4.69) is 55.1 Å². The normalized spacial score (nSPS) is 19.9. The summed E-state index contributed by atoms with van der Waals surface area (Å²) in [6.07, 6.45) is 8.36. The maximum Gasteiger partial charge on any atom is 0.246 e. The Bertz CT molecular complexity index is 1080. The van der Waals surface area contributed by atoms with Crippen molar-refractivity contribution in [3.05, 3.63) is 47.6 Å². The lowest BCUT2D eigenvalue weighted by molar-refractivity contribution is -0.126. The molecule has 7 nitrogen and oxygen atoms in total. The first-order chi connectivity index (χ1) is 17.6. The maximum absolute atomic E-state index is 12.1. The van der Waals surface area contributed by atoms with Crippen molar-refractivity contribution in [1.29, 1.82) is 0 Å². The Balaban J connectivity index is 1.63. The topological polar surface area (TPSA) is 92.7 Å². The van der Waals surface area contributed by atoms with Crippen LogP contribution in [0.2, 0.25) is 0 Å². The molecular formula is C29H41N3O4S. The third kappa shape index (κ3) is 6.79. The molecule has 1 aliphatic carbocycles. The minimum atomic E-state index is -0.777. The SMILES string of the molecule is C=CC[C@H](NC(=O)COC)[C@H](O)CN[C@H]1CC2(CCC2)Oc2c(-c3cncs3)cc(CC(C)(C)C)cc21. The first kappa shape index (κ1) is 27.8. The van der Waals surface area contributed by atoms with Crippen LogP contribution in [0.25, 0.3) is 10.4 Å². The van der Waals surface area contributed by atoms with Gasteiger partial charge in [0, 0.05) is 43.4 Å². The minimum Gasteiger partial charge on any atom is -0.486 e. The van der Waals surface area contributed by atoms with Crippen LogP contribution in [0.1, 0.15) is 70.0 Å². The number of ether oxygens (including phenoxy) is 2. The Hall–Kier alpha value is -2.26. The van der Waals surface area contributed by atoms with Gasteiger partial charge < -0.3 is 25.2 Å². The number of fused-ring (bicyclic) bond motifs is 1. The number of hydrogen-bond donors (Lipinski definition) is 3. The fraction of sp³-hybridized carbons (Fsp3) is 0.586. The molecule has 3 N–H and O–H groups in total. The summed E-state index contributed by atoms with van der Waals surface area (Å²) in [5, 5.41) is 17.6. The molecule has 37 heavy (non-hydrogen) atoms. The molecule has 1 aromatic carbocycles. The molecule has 1 aliphatic heterocycles. The molecule has 1 aromatic heterocycles. The number of aliphatic hydroxyl groups excluding tert-OH is 1. The number of nitrogens with one attached hydrogen (secondary N) is 2. The van der Waals surface area contributed by atoms with E-state index in [1.807, 2.05) is 11.7 Å². The smallest absolute Gasteiger partial charge is 0.246 e. The predicted molar refractivity (Wildman–Crippen MR) is 148 cm³/mol. The quantitative estimate of drug-likeness (QED) is 0.364. The lowest BCUT2D eigenvalue weighted by Crippen LogP contribution is -2.52. The van der Waals surface area contributed by atoms with E-state index < -0.39 is 12.1 Å². The van der Waals surface area contributed by atoms with Crippen molar-refractivity contribution in [3.8, 4) is 16.2 Å². The van der Waals surface area contributed by atoms with Crippen LogP contribution in [0.4, 0.5) is 0 Å². The molecule has 3 atom stereocenters. The van der Waals surface area contributed by atoms with Crippen molar-refractivity contribution in [2.24, 2.45) is 5.41 Å². The highest BCUT2D eigenvalue weighted by Crippen LogP contribution is 2.52. The van der Waals surface area contributed by atoms with E-state index in [0.29, 0.717) is 13.0 Å². The highest BCUT2D eigenvalue weighted by atomic mass is 32.1. The summed E-state index contributed by atoms with van der Waals surface area (Å²) < 4.78 is 11.7. The van der Waals surface area contributed by atoms with Crippen LogP contribution < -0.4 is 15.4 Å². The Morgan fingerprint density at radius 1 is 1.41 bits per heavy atom. The fourth-order valence-electron chi connectivity index (χ4n) is 5.41. The second-order valence-electron chi connectivity index (χ2n) is 11.7. The molecule has 1 saturated carbocycles. The summed E-state index contributed by atoms with van der Waals surface area (Å²) in [5.41, 5.74) is 5.35. The van der Waals surface area contributed by atoms with Crippen LogP contribution in [0, 0.1) is 5.41 Å². The van der Waals surface area contributed by atoms with E-state index in [9.17, 15) is 9.90 Å². The molecule has 2 aromatic rings. The van der Waals surface area contributed by atoms with Crippen molar-refractivity contribution in [1.82, 2.24) is 15.6 Å². The van der Waals surface area contributed by atoms with Gasteiger partial charge in [0.2, 0.25) is 5.91 Å². The lowest BCUT2D eigenvalue weighted by atomic mass is 9.72. The third-order valence-electron chi connectivity index (χ3n) is 7.22. The fourth-order valence-corrected chi connectivity index (χ4v) is 6.04. The molecule has 2 heterocycles. The third-order valence-corrected chi connectivity index (χ3v) is 8.03. The molecule has 8 heteroatoms.